The van der Waals surface area contributed by atoms with Crippen molar-refractivity contribution in [3.63, 3.8) is 0 Å². The molecule has 11 heavy (non-hydrogen) atoms. The Morgan fingerprint density at radius 2 is 2.27 bits per heavy atom. The number of carbonyl (C=O) groups is 1. The summed E-state index contributed by atoms with van der Waals surface area (Å²) in [6, 6.07) is 0. The normalized spacial score (nSPS) is 21.1. The molecule has 2 N–H and O–H groups in total. The van der Waals surface area contributed by atoms with E-state index in [1.54, 1.807) is 6.92 Å². The molecule has 64 valence electrons. The summed E-state index contributed by atoms with van der Waals surface area (Å²) >= 11 is 0. The van der Waals surface area contributed by atoms with Crippen molar-refractivity contribution in [3.8, 4) is 0 Å². The van der Waals surface area contributed by atoms with Crippen molar-refractivity contribution in [1.82, 2.24) is 4.90 Å². The van der Waals surface area contributed by atoms with Gasteiger partial charge in [0.15, 0.2) is 0 Å². The van der Waals surface area contributed by atoms with E-state index in [2.05, 4.69) is 0 Å². The maximum Gasteiger partial charge on any atom is 0.407 e. The molecular weight excluding hydrogens is 146 g/mol. The molecule has 0 radical (unpaired) electrons. The number of rotatable bonds is 2. The van der Waals surface area contributed by atoms with Gasteiger partial charge in [-0.25, -0.2) is 4.79 Å². The van der Waals surface area contributed by atoms with Gasteiger partial charge in [-0.3, -0.25) is 0 Å². The summed E-state index contributed by atoms with van der Waals surface area (Å²) in [5.41, 5.74) is 0. The highest BCUT2D eigenvalue weighted by Crippen LogP contribution is 2.20. The van der Waals surface area contributed by atoms with Gasteiger partial charge in [0.2, 0.25) is 0 Å². The molecule has 1 amide bonds. The van der Waals surface area contributed by atoms with Gasteiger partial charge in [-0.05, 0) is 19.3 Å². The molecule has 1 rings (SSSR count). The summed E-state index contributed by atoms with van der Waals surface area (Å²) in [5.74, 6) is 0.367. The lowest BCUT2D eigenvalue weighted by Crippen LogP contribution is -2.50. The standard InChI is InChI=1S/C7H13NO3/c1-5(9)2-6-3-8(4-6)7(10)11/h5-6,9H,2-4H2,1H3,(H,10,11). The summed E-state index contributed by atoms with van der Waals surface area (Å²) < 4.78 is 0. The van der Waals surface area contributed by atoms with E-state index in [1.165, 1.54) is 4.90 Å². The van der Waals surface area contributed by atoms with Gasteiger partial charge in [-0.15, -0.1) is 0 Å². The maximum atomic E-state index is 10.3. The molecule has 1 fully saturated rings. The van der Waals surface area contributed by atoms with E-state index in [4.69, 9.17) is 10.2 Å². The van der Waals surface area contributed by atoms with Crippen LogP contribution in [0.25, 0.3) is 0 Å². The molecular formula is C7H13NO3. The number of likely N-dealkylation sites (tertiary alicyclic amines) is 1. The lowest BCUT2D eigenvalue weighted by molar-refractivity contribution is 0.0535. The SMILES string of the molecule is CC(O)CC1CN(C(=O)O)C1. The molecule has 0 spiro atoms. The Hall–Kier alpha value is -0.770. The Balaban J connectivity index is 2.14. The van der Waals surface area contributed by atoms with E-state index in [1.807, 2.05) is 0 Å². The topological polar surface area (TPSA) is 60.8 Å². The van der Waals surface area contributed by atoms with Crippen LogP contribution in [-0.2, 0) is 0 Å². The van der Waals surface area contributed by atoms with E-state index in [0.717, 1.165) is 0 Å². The van der Waals surface area contributed by atoms with Gasteiger partial charge >= 0.3 is 6.09 Å². The summed E-state index contributed by atoms with van der Waals surface area (Å²) in [6.07, 6.45) is -0.452. The highest BCUT2D eigenvalue weighted by atomic mass is 16.4. The zero-order valence-corrected chi connectivity index (χ0v) is 6.53. The number of nitrogens with zero attached hydrogens (tertiary/aromatic N) is 1. The van der Waals surface area contributed by atoms with Crippen LogP contribution < -0.4 is 0 Å². The lowest BCUT2D eigenvalue weighted by atomic mass is 9.94. The third-order valence-electron chi connectivity index (χ3n) is 1.90. The van der Waals surface area contributed by atoms with E-state index >= 15 is 0 Å². The smallest absolute Gasteiger partial charge is 0.407 e. The fraction of sp³-hybridized carbons (Fsp3) is 0.857. The van der Waals surface area contributed by atoms with Crippen molar-refractivity contribution < 1.29 is 15.0 Å². The van der Waals surface area contributed by atoms with Crippen LogP contribution in [0.3, 0.4) is 0 Å². The van der Waals surface area contributed by atoms with Crippen LogP contribution in [0.15, 0.2) is 0 Å². The van der Waals surface area contributed by atoms with Crippen LogP contribution >= 0.6 is 0 Å². The number of aliphatic hydroxyl groups is 1. The molecule has 1 saturated heterocycles. The van der Waals surface area contributed by atoms with E-state index in [0.29, 0.717) is 25.4 Å². The van der Waals surface area contributed by atoms with Crippen molar-refractivity contribution in [3.05, 3.63) is 0 Å². The van der Waals surface area contributed by atoms with E-state index in [-0.39, 0.29) is 6.10 Å². The minimum absolute atomic E-state index is 0.309. The Labute approximate surface area is 65.4 Å². The molecule has 1 aliphatic heterocycles. The van der Waals surface area contributed by atoms with Gasteiger partial charge < -0.3 is 15.1 Å². The van der Waals surface area contributed by atoms with Gasteiger partial charge in [0.25, 0.3) is 0 Å². The molecule has 0 aliphatic carbocycles. The molecule has 1 aliphatic rings. The first-order valence-corrected chi connectivity index (χ1v) is 3.75. The van der Waals surface area contributed by atoms with E-state index in [9.17, 15) is 4.79 Å². The van der Waals surface area contributed by atoms with Crippen molar-refractivity contribution in [2.24, 2.45) is 5.92 Å². The average Bonchev–Trinajstić information content (AvgIpc) is 1.75. The highest BCUT2D eigenvalue weighted by molar-refractivity contribution is 5.65. The number of aliphatic hydroxyl groups excluding tert-OH is 1. The third-order valence-corrected chi connectivity index (χ3v) is 1.90. The summed E-state index contributed by atoms with van der Waals surface area (Å²) in [6.45, 7) is 2.89. The summed E-state index contributed by atoms with van der Waals surface area (Å²) in [7, 11) is 0. The number of amides is 1. The fourth-order valence-corrected chi connectivity index (χ4v) is 1.36. The van der Waals surface area contributed by atoms with Gasteiger partial charge in [0, 0.05) is 13.1 Å². The first kappa shape index (κ1) is 8.33. The Bertz CT molecular complexity index is 152. The minimum atomic E-state index is -0.855. The van der Waals surface area contributed by atoms with Crippen LogP contribution in [-0.4, -0.2) is 40.4 Å². The molecule has 0 saturated carbocycles. The second-order valence-electron chi connectivity index (χ2n) is 3.14. The molecule has 1 heterocycles. The first-order chi connectivity index (χ1) is 5.09. The molecule has 1 unspecified atom stereocenters. The van der Waals surface area contributed by atoms with Gasteiger partial charge in [0.05, 0.1) is 6.10 Å². The summed E-state index contributed by atoms with van der Waals surface area (Å²) in [5, 5.41) is 17.4. The zero-order chi connectivity index (χ0) is 8.43. The first-order valence-electron chi connectivity index (χ1n) is 3.75. The van der Waals surface area contributed by atoms with Gasteiger partial charge in [-0.2, -0.15) is 0 Å². The van der Waals surface area contributed by atoms with Crippen LogP contribution in [0, 0.1) is 5.92 Å². The maximum absolute atomic E-state index is 10.3. The molecule has 1 atom stereocenters. The monoisotopic (exact) mass is 159 g/mol. The van der Waals surface area contributed by atoms with Crippen LogP contribution in [0.5, 0.6) is 0 Å². The Kier molecular flexibility index (Phi) is 2.34. The predicted molar refractivity (Wildman–Crippen MR) is 39.4 cm³/mol. The van der Waals surface area contributed by atoms with Gasteiger partial charge in [-0.1, -0.05) is 0 Å². The van der Waals surface area contributed by atoms with Crippen LogP contribution in [0.1, 0.15) is 13.3 Å². The molecule has 0 bridgehead atoms. The minimum Gasteiger partial charge on any atom is -0.465 e. The molecule has 4 heteroatoms. The molecule has 0 aromatic heterocycles. The van der Waals surface area contributed by atoms with Gasteiger partial charge in [0.1, 0.15) is 0 Å². The average molecular weight is 159 g/mol. The Morgan fingerprint density at radius 1 is 1.73 bits per heavy atom. The summed E-state index contributed by atoms with van der Waals surface area (Å²) in [4.78, 5) is 11.6. The fourth-order valence-electron chi connectivity index (χ4n) is 1.36. The second kappa shape index (κ2) is 3.09. The van der Waals surface area contributed by atoms with E-state index < -0.39 is 6.09 Å². The van der Waals surface area contributed by atoms with Crippen molar-refractivity contribution in [1.29, 1.82) is 0 Å². The number of hydrogen-bond acceptors (Lipinski definition) is 2. The quantitative estimate of drug-likeness (QED) is 0.611. The second-order valence-corrected chi connectivity index (χ2v) is 3.14. The van der Waals surface area contributed by atoms with Crippen molar-refractivity contribution >= 4 is 6.09 Å². The number of hydrogen-bond donors (Lipinski definition) is 2. The van der Waals surface area contributed by atoms with Crippen molar-refractivity contribution in [2.75, 3.05) is 13.1 Å². The molecule has 4 nitrogen and oxygen atoms in total. The van der Waals surface area contributed by atoms with Crippen molar-refractivity contribution in [2.45, 2.75) is 19.4 Å². The molecule has 0 aromatic rings. The zero-order valence-electron chi connectivity index (χ0n) is 6.53. The Morgan fingerprint density at radius 3 is 2.64 bits per heavy atom. The third kappa shape index (κ3) is 2.08. The molecule has 0 aromatic carbocycles. The van der Waals surface area contributed by atoms with Crippen LogP contribution in [0.2, 0.25) is 0 Å². The largest absolute Gasteiger partial charge is 0.465 e. The predicted octanol–water partition coefficient (Wildman–Crippen LogP) is 0.367. The van der Waals surface area contributed by atoms with Crippen LogP contribution in [0.4, 0.5) is 4.79 Å². The lowest BCUT2D eigenvalue weighted by Gasteiger charge is -2.37. The number of carboxylic acid groups (broad SMARTS) is 1. The highest BCUT2D eigenvalue weighted by Gasteiger charge is 2.30.